The summed E-state index contributed by atoms with van der Waals surface area (Å²) in [5, 5.41) is 3.93. The summed E-state index contributed by atoms with van der Waals surface area (Å²) in [6.45, 7) is 3.07. The number of methoxy groups -OCH3 is 1. The number of aromatic nitrogens is 1. The first-order chi connectivity index (χ1) is 10.7. The number of carbonyl (C=O) groups is 1. The summed E-state index contributed by atoms with van der Waals surface area (Å²) in [5.41, 5.74) is 1.05. The quantitative estimate of drug-likeness (QED) is 0.652. The van der Waals surface area contributed by atoms with Crippen LogP contribution in [0.25, 0.3) is 0 Å². The molecule has 1 saturated heterocycles. The minimum atomic E-state index is -0.439. The van der Waals surface area contributed by atoms with Gasteiger partial charge in [0.2, 0.25) is 0 Å². The summed E-state index contributed by atoms with van der Waals surface area (Å²) in [6, 6.07) is 5.29. The summed E-state index contributed by atoms with van der Waals surface area (Å²) in [4.78, 5) is 17.3. The molecule has 1 aromatic carbocycles. The Kier molecular flexibility index (Phi) is 4.26. The maximum Gasteiger partial charge on any atom is 0.341 e. The number of nitrogens with zero attached hydrogens (tertiary/aromatic N) is 1. The number of para-hydroxylation sites is 1. The van der Waals surface area contributed by atoms with Gasteiger partial charge in [0.05, 0.1) is 19.4 Å². The van der Waals surface area contributed by atoms with Crippen molar-refractivity contribution in [2.24, 2.45) is 0 Å². The number of epoxide rings is 1. The standard InChI is InChI=1S/C15H16N2O4S/c1-9-6-16-15(22-9)17-12-5-3-4-11(14(18)19-2)13(12)21-8-10-7-20-10/h3-6,10H,7-8H2,1-2H3,(H,16,17)/t10-/m1/s1. The van der Waals surface area contributed by atoms with Gasteiger partial charge in [-0.15, -0.1) is 11.3 Å². The van der Waals surface area contributed by atoms with E-state index in [1.807, 2.05) is 13.0 Å². The van der Waals surface area contributed by atoms with E-state index in [0.717, 1.165) is 10.0 Å². The number of hydrogen-bond acceptors (Lipinski definition) is 7. The maximum absolute atomic E-state index is 11.9. The molecule has 1 aliphatic heterocycles. The SMILES string of the molecule is COC(=O)c1cccc(Nc2ncc(C)s2)c1OC[C@H]1CO1. The number of nitrogens with one attached hydrogen (secondary N) is 1. The van der Waals surface area contributed by atoms with Crippen LogP contribution in [0.2, 0.25) is 0 Å². The first-order valence-corrected chi connectivity index (χ1v) is 7.64. The Hall–Kier alpha value is -2.12. The second kappa shape index (κ2) is 6.33. The summed E-state index contributed by atoms with van der Waals surface area (Å²) < 4.78 is 15.7. The van der Waals surface area contributed by atoms with E-state index in [1.54, 1.807) is 18.3 Å². The van der Waals surface area contributed by atoms with Crippen molar-refractivity contribution in [2.75, 3.05) is 25.6 Å². The van der Waals surface area contributed by atoms with E-state index in [4.69, 9.17) is 14.2 Å². The van der Waals surface area contributed by atoms with Gasteiger partial charge < -0.3 is 19.5 Å². The van der Waals surface area contributed by atoms with E-state index < -0.39 is 5.97 Å². The molecule has 2 aromatic rings. The summed E-state index contributed by atoms with van der Waals surface area (Å²) in [5.74, 6) is 0.0170. The minimum Gasteiger partial charge on any atom is -0.488 e. The number of esters is 1. The lowest BCUT2D eigenvalue weighted by Gasteiger charge is -2.14. The van der Waals surface area contributed by atoms with Crippen LogP contribution < -0.4 is 10.1 Å². The van der Waals surface area contributed by atoms with Crippen LogP contribution in [0.4, 0.5) is 10.8 Å². The van der Waals surface area contributed by atoms with Gasteiger partial charge in [-0.3, -0.25) is 0 Å². The average Bonchev–Trinajstić information content (AvgIpc) is 3.26. The molecule has 2 heterocycles. The molecule has 1 N–H and O–H groups in total. The van der Waals surface area contributed by atoms with Crippen LogP contribution in [-0.4, -0.2) is 37.4 Å². The van der Waals surface area contributed by atoms with E-state index in [0.29, 0.717) is 30.2 Å². The Morgan fingerprint density at radius 1 is 1.55 bits per heavy atom. The van der Waals surface area contributed by atoms with Crippen LogP contribution in [0.15, 0.2) is 24.4 Å². The molecule has 3 rings (SSSR count). The second-order valence-corrected chi connectivity index (χ2v) is 6.08. The van der Waals surface area contributed by atoms with E-state index in [9.17, 15) is 4.79 Å². The van der Waals surface area contributed by atoms with Gasteiger partial charge in [-0.2, -0.15) is 0 Å². The number of hydrogen-bond donors (Lipinski definition) is 1. The Morgan fingerprint density at radius 2 is 2.36 bits per heavy atom. The average molecular weight is 320 g/mol. The molecule has 116 valence electrons. The van der Waals surface area contributed by atoms with Crippen molar-refractivity contribution in [3.8, 4) is 5.75 Å². The molecule has 1 fully saturated rings. The molecule has 22 heavy (non-hydrogen) atoms. The first-order valence-electron chi connectivity index (χ1n) is 6.82. The predicted octanol–water partition coefficient (Wildman–Crippen LogP) is 2.76. The normalized spacial score (nSPS) is 16.2. The largest absolute Gasteiger partial charge is 0.488 e. The van der Waals surface area contributed by atoms with Gasteiger partial charge in [-0.05, 0) is 19.1 Å². The van der Waals surface area contributed by atoms with E-state index in [1.165, 1.54) is 18.4 Å². The zero-order chi connectivity index (χ0) is 15.5. The molecule has 1 atom stereocenters. The molecular weight excluding hydrogens is 304 g/mol. The van der Waals surface area contributed by atoms with Crippen LogP contribution in [-0.2, 0) is 9.47 Å². The van der Waals surface area contributed by atoms with Crippen LogP contribution in [0, 0.1) is 6.92 Å². The fourth-order valence-corrected chi connectivity index (χ4v) is 2.61. The van der Waals surface area contributed by atoms with E-state index in [2.05, 4.69) is 10.3 Å². The van der Waals surface area contributed by atoms with Crippen molar-refractivity contribution in [2.45, 2.75) is 13.0 Å². The third kappa shape index (κ3) is 3.37. The molecule has 6 nitrogen and oxygen atoms in total. The highest BCUT2D eigenvalue weighted by molar-refractivity contribution is 7.15. The van der Waals surface area contributed by atoms with Crippen molar-refractivity contribution in [1.82, 2.24) is 4.98 Å². The minimum absolute atomic E-state index is 0.0978. The number of aryl methyl sites for hydroxylation is 1. The smallest absolute Gasteiger partial charge is 0.341 e. The molecule has 0 saturated carbocycles. The molecular formula is C15H16N2O4S. The van der Waals surface area contributed by atoms with Gasteiger partial charge in [0.25, 0.3) is 0 Å². The third-order valence-corrected chi connectivity index (χ3v) is 3.93. The van der Waals surface area contributed by atoms with Gasteiger partial charge in [-0.1, -0.05) is 6.07 Å². The van der Waals surface area contributed by atoms with Crippen LogP contribution in [0.3, 0.4) is 0 Å². The number of carbonyl (C=O) groups excluding carboxylic acids is 1. The van der Waals surface area contributed by atoms with E-state index in [-0.39, 0.29) is 6.10 Å². The highest BCUT2D eigenvalue weighted by Gasteiger charge is 2.25. The van der Waals surface area contributed by atoms with E-state index >= 15 is 0 Å². The summed E-state index contributed by atoms with van der Waals surface area (Å²) in [7, 11) is 1.35. The van der Waals surface area contributed by atoms with Crippen LogP contribution >= 0.6 is 11.3 Å². The fourth-order valence-electron chi connectivity index (χ4n) is 1.93. The Bertz CT molecular complexity index is 682. The van der Waals surface area contributed by atoms with Crippen LogP contribution in [0.5, 0.6) is 5.75 Å². The van der Waals surface area contributed by atoms with Crippen molar-refractivity contribution >= 4 is 28.1 Å². The molecule has 1 aliphatic rings. The number of rotatable bonds is 6. The summed E-state index contributed by atoms with van der Waals surface area (Å²) in [6.07, 6.45) is 1.89. The van der Waals surface area contributed by atoms with Crippen molar-refractivity contribution in [3.63, 3.8) is 0 Å². The zero-order valence-corrected chi connectivity index (χ0v) is 13.1. The molecule has 0 bridgehead atoms. The monoisotopic (exact) mass is 320 g/mol. The number of ether oxygens (including phenoxy) is 3. The lowest BCUT2D eigenvalue weighted by atomic mass is 10.1. The Balaban J connectivity index is 1.90. The lowest BCUT2D eigenvalue weighted by Crippen LogP contribution is -2.11. The Labute approximate surface area is 132 Å². The van der Waals surface area contributed by atoms with Gasteiger partial charge in [0.15, 0.2) is 10.9 Å². The molecule has 0 spiro atoms. The van der Waals surface area contributed by atoms with Crippen LogP contribution in [0.1, 0.15) is 15.2 Å². The lowest BCUT2D eigenvalue weighted by molar-refractivity contribution is 0.0595. The molecule has 0 aliphatic carbocycles. The molecule has 0 unspecified atom stereocenters. The van der Waals surface area contributed by atoms with Gasteiger partial charge >= 0.3 is 5.97 Å². The highest BCUT2D eigenvalue weighted by atomic mass is 32.1. The zero-order valence-electron chi connectivity index (χ0n) is 12.3. The molecule has 0 amide bonds. The maximum atomic E-state index is 11.9. The van der Waals surface area contributed by atoms with Crippen molar-refractivity contribution in [1.29, 1.82) is 0 Å². The topological polar surface area (TPSA) is 73.0 Å². The van der Waals surface area contributed by atoms with Gasteiger partial charge in [0, 0.05) is 11.1 Å². The van der Waals surface area contributed by atoms with Gasteiger partial charge in [0.1, 0.15) is 18.3 Å². The summed E-state index contributed by atoms with van der Waals surface area (Å²) >= 11 is 1.53. The van der Waals surface area contributed by atoms with Crippen molar-refractivity contribution in [3.05, 3.63) is 34.8 Å². The number of thiazole rings is 1. The predicted molar refractivity (Wildman–Crippen MR) is 83.2 cm³/mol. The first kappa shape index (κ1) is 14.8. The molecule has 0 radical (unpaired) electrons. The molecule has 7 heteroatoms. The van der Waals surface area contributed by atoms with Crippen molar-refractivity contribution < 1.29 is 19.0 Å². The number of anilines is 2. The van der Waals surface area contributed by atoms with Gasteiger partial charge in [-0.25, -0.2) is 9.78 Å². The fraction of sp³-hybridized carbons (Fsp3) is 0.333. The Morgan fingerprint density at radius 3 is 3.00 bits per heavy atom. The second-order valence-electron chi connectivity index (χ2n) is 4.84. The third-order valence-electron chi connectivity index (χ3n) is 3.10. The number of benzene rings is 1. The highest BCUT2D eigenvalue weighted by Crippen LogP contribution is 2.33. The molecule has 1 aromatic heterocycles.